The number of benzene rings is 1. The van der Waals surface area contributed by atoms with E-state index in [-0.39, 0.29) is 5.91 Å². The lowest BCUT2D eigenvalue weighted by atomic mass is 10.1. The van der Waals surface area contributed by atoms with E-state index in [9.17, 15) is 4.79 Å². The second kappa shape index (κ2) is 7.76. The number of anilines is 1. The monoisotopic (exact) mass is 281 g/mol. The average molecular weight is 281 g/mol. The fraction of sp³-hybridized carbons (Fsp3) is 0.167. The van der Waals surface area contributed by atoms with Crippen LogP contribution in [-0.4, -0.2) is 13.0 Å². The van der Waals surface area contributed by atoms with Crippen molar-refractivity contribution < 1.29 is 9.53 Å². The van der Waals surface area contributed by atoms with Crippen LogP contribution in [0.4, 0.5) is 5.69 Å². The van der Waals surface area contributed by atoms with E-state index in [1.165, 1.54) is 6.08 Å². The number of rotatable bonds is 5. The van der Waals surface area contributed by atoms with Crippen LogP contribution >= 0.6 is 0 Å². The van der Waals surface area contributed by atoms with Crippen LogP contribution in [0.25, 0.3) is 0 Å². The zero-order valence-corrected chi connectivity index (χ0v) is 12.6. The Labute approximate surface area is 126 Å². The molecule has 1 aromatic rings. The normalized spacial score (nSPS) is 11.5. The minimum Gasteiger partial charge on any atom is -0.501 e. The van der Waals surface area contributed by atoms with Crippen molar-refractivity contribution in [3.63, 3.8) is 0 Å². The molecule has 1 rings (SSSR count). The number of amides is 1. The summed E-state index contributed by atoms with van der Waals surface area (Å²) >= 11 is 0. The Balaban J connectivity index is 2.94. The van der Waals surface area contributed by atoms with Gasteiger partial charge in [-0.2, -0.15) is 0 Å². The number of terminal acetylenes is 1. The van der Waals surface area contributed by atoms with Gasteiger partial charge in [0.2, 0.25) is 0 Å². The number of hydrogen-bond acceptors (Lipinski definition) is 2. The topological polar surface area (TPSA) is 38.3 Å². The fourth-order valence-corrected chi connectivity index (χ4v) is 1.57. The highest BCUT2D eigenvalue weighted by molar-refractivity contribution is 6.05. The number of ether oxygens (including phenoxy) is 1. The first kappa shape index (κ1) is 16.3. The quantitative estimate of drug-likeness (QED) is 0.388. The summed E-state index contributed by atoms with van der Waals surface area (Å²) in [6.45, 7) is 7.37. The van der Waals surface area contributed by atoms with Crippen molar-refractivity contribution >= 4 is 11.6 Å². The third kappa shape index (κ3) is 4.70. The Morgan fingerprint density at radius 2 is 2.14 bits per heavy atom. The summed E-state index contributed by atoms with van der Waals surface area (Å²) in [7, 11) is 1.57. The summed E-state index contributed by atoms with van der Waals surface area (Å²) in [4.78, 5) is 12.2. The number of methoxy groups -OCH3 is 1. The molecule has 3 heteroatoms. The number of hydrogen-bond donors (Lipinski definition) is 1. The van der Waals surface area contributed by atoms with Gasteiger partial charge >= 0.3 is 0 Å². The van der Waals surface area contributed by atoms with Crippen LogP contribution in [0.1, 0.15) is 18.1 Å². The Hall–Kier alpha value is -2.73. The van der Waals surface area contributed by atoms with Crippen molar-refractivity contribution in [1.82, 2.24) is 0 Å². The Bertz CT molecular complexity index is 646. The van der Waals surface area contributed by atoms with Crippen molar-refractivity contribution in [2.45, 2.75) is 13.8 Å². The predicted octanol–water partition coefficient (Wildman–Crippen LogP) is 3.58. The maximum atomic E-state index is 12.2. The van der Waals surface area contributed by atoms with Crippen LogP contribution in [0.3, 0.4) is 0 Å². The summed E-state index contributed by atoms with van der Waals surface area (Å²) in [6.07, 6.45) is 10.3. The summed E-state index contributed by atoms with van der Waals surface area (Å²) in [5.41, 5.74) is 2.84. The minimum absolute atomic E-state index is 0.253. The number of allylic oxidation sites excluding steroid dienone is 3. The molecule has 0 atom stereocenters. The molecule has 108 valence electrons. The largest absolute Gasteiger partial charge is 0.501 e. The maximum absolute atomic E-state index is 12.2. The van der Waals surface area contributed by atoms with Crippen LogP contribution < -0.4 is 5.32 Å². The van der Waals surface area contributed by atoms with Gasteiger partial charge in [0.15, 0.2) is 0 Å². The molecule has 0 aromatic heterocycles. The first-order valence-corrected chi connectivity index (χ1v) is 6.45. The van der Waals surface area contributed by atoms with Crippen LogP contribution in [0.5, 0.6) is 0 Å². The molecule has 0 unspecified atom stereocenters. The molecule has 0 heterocycles. The molecule has 1 aromatic carbocycles. The Kier molecular flexibility index (Phi) is 6.03. The lowest BCUT2D eigenvalue weighted by Gasteiger charge is -2.07. The van der Waals surface area contributed by atoms with Crippen LogP contribution in [-0.2, 0) is 9.53 Å². The van der Waals surface area contributed by atoms with Crippen molar-refractivity contribution in [2.24, 2.45) is 0 Å². The molecule has 0 aliphatic carbocycles. The molecule has 0 radical (unpaired) electrons. The van der Waals surface area contributed by atoms with E-state index in [0.717, 1.165) is 11.1 Å². The molecule has 0 bridgehead atoms. The second-order valence-electron chi connectivity index (χ2n) is 4.44. The zero-order valence-electron chi connectivity index (χ0n) is 12.6. The molecule has 0 saturated carbocycles. The lowest BCUT2D eigenvalue weighted by molar-refractivity contribution is -0.112. The fourth-order valence-electron chi connectivity index (χ4n) is 1.57. The Morgan fingerprint density at radius 1 is 1.43 bits per heavy atom. The molecule has 3 nitrogen and oxygen atoms in total. The first-order valence-electron chi connectivity index (χ1n) is 6.45. The Morgan fingerprint density at radius 3 is 2.71 bits per heavy atom. The van der Waals surface area contributed by atoms with Gasteiger partial charge in [-0.25, -0.2) is 0 Å². The molecule has 0 spiro atoms. The van der Waals surface area contributed by atoms with E-state index >= 15 is 0 Å². The highest BCUT2D eigenvalue weighted by atomic mass is 16.5. The molecule has 0 fully saturated rings. The molecule has 21 heavy (non-hydrogen) atoms. The zero-order chi connectivity index (χ0) is 15.8. The molecule has 0 aliphatic heterocycles. The molecular formula is C18H19NO2. The lowest BCUT2D eigenvalue weighted by Crippen LogP contribution is -2.13. The van der Waals surface area contributed by atoms with Gasteiger partial charge in [0, 0.05) is 16.8 Å². The summed E-state index contributed by atoms with van der Waals surface area (Å²) in [5.74, 6) is 3.04. The van der Waals surface area contributed by atoms with Gasteiger partial charge in [-0.15, -0.1) is 6.42 Å². The number of carbonyl (C=O) groups is 1. The van der Waals surface area contributed by atoms with Gasteiger partial charge in [0.1, 0.15) is 0 Å². The van der Waals surface area contributed by atoms with E-state index in [1.807, 2.05) is 19.1 Å². The molecule has 1 amide bonds. The maximum Gasteiger partial charge on any atom is 0.255 e. The van der Waals surface area contributed by atoms with Crippen LogP contribution in [0.15, 0.2) is 54.3 Å². The molecule has 0 saturated heterocycles. The van der Waals surface area contributed by atoms with Gasteiger partial charge in [-0.3, -0.25) is 4.79 Å². The summed E-state index contributed by atoms with van der Waals surface area (Å²) < 4.78 is 5.01. The first-order chi connectivity index (χ1) is 10.0. The van der Waals surface area contributed by atoms with E-state index in [1.54, 1.807) is 32.3 Å². The van der Waals surface area contributed by atoms with Gasteiger partial charge < -0.3 is 10.1 Å². The van der Waals surface area contributed by atoms with E-state index in [0.29, 0.717) is 17.0 Å². The third-order valence-electron chi connectivity index (χ3n) is 2.95. The van der Waals surface area contributed by atoms with Crippen LogP contribution in [0.2, 0.25) is 0 Å². The smallest absolute Gasteiger partial charge is 0.255 e. The molecule has 0 aliphatic rings. The van der Waals surface area contributed by atoms with Crippen molar-refractivity contribution in [1.29, 1.82) is 0 Å². The van der Waals surface area contributed by atoms with Crippen molar-refractivity contribution in [2.75, 3.05) is 12.4 Å². The van der Waals surface area contributed by atoms with E-state index in [2.05, 4.69) is 17.8 Å². The second-order valence-corrected chi connectivity index (χ2v) is 4.44. The minimum atomic E-state index is -0.253. The van der Waals surface area contributed by atoms with Crippen molar-refractivity contribution in [3.8, 4) is 12.3 Å². The summed E-state index contributed by atoms with van der Waals surface area (Å²) in [5, 5.41) is 2.79. The van der Waals surface area contributed by atoms with Gasteiger partial charge in [0.05, 0.1) is 12.9 Å². The van der Waals surface area contributed by atoms with Gasteiger partial charge in [-0.1, -0.05) is 24.6 Å². The summed E-state index contributed by atoms with van der Waals surface area (Å²) in [6, 6.07) is 5.45. The number of aryl methyl sites for hydroxylation is 1. The van der Waals surface area contributed by atoms with Crippen LogP contribution in [0, 0.1) is 19.3 Å². The standard InChI is InChI=1S/C18H19NO2/c1-6-15(10-9-14(4)21-5)18(20)19-17-11-8-13(3)16(7-2)12-17/h2,6,8-12H,1H2,3-5H3,(H,19,20)/b14-9+,15-10+. The van der Waals surface area contributed by atoms with Gasteiger partial charge in [0.25, 0.3) is 5.91 Å². The molecule has 1 N–H and O–H groups in total. The average Bonchev–Trinajstić information content (AvgIpc) is 2.49. The van der Waals surface area contributed by atoms with E-state index in [4.69, 9.17) is 11.2 Å². The van der Waals surface area contributed by atoms with Crippen molar-refractivity contribution in [3.05, 3.63) is 65.5 Å². The predicted molar refractivity (Wildman–Crippen MR) is 86.8 cm³/mol. The number of carbonyl (C=O) groups excluding carboxylic acids is 1. The third-order valence-corrected chi connectivity index (χ3v) is 2.95. The SMILES string of the molecule is C#Cc1cc(NC(=O)/C(C=C)=C/C=C(\C)OC)ccc1C. The highest BCUT2D eigenvalue weighted by Crippen LogP contribution is 2.15. The van der Waals surface area contributed by atoms with E-state index < -0.39 is 0 Å². The number of nitrogens with one attached hydrogen (secondary N) is 1. The van der Waals surface area contributed by atoms with Gasteiger partial charge in [-0.05, 0) is 43.7 Å². The molecular weight excluding hydrogens is 262 g/mol. The highest BCUT2D eigenvalue weighted by Gasteiger charge is 2.07.